The number of carboxylic acid groups (broad SMARTS) is 1. The van der Waals surface area contributed by atoms with Gasteiger partial charge in [-0.15, -0.1) is 0 Å². The smallest absolute Gasteiger partial charge is 0.335 e. The van der Waals surface area contributed by atoms with E-state index in [4.69, 9.17) is 5.11 Å². The average Bonchev–Trinajstić information content (AvgIpc) is 2.61. The molecule has 126 valence electrons. The number of alkyl halides is 2. The van der Waals surface area contributed by atoms with E-state index < -0.39 is 11.9 Å². The lowest BCUT2D eigenvalue weighted by Crippen LogP contribution is -2.06. The summed E-state index contributed by atoms with van der Waals surface area (Å²) in [6, 6.07) is 13.9. The number of hydrogen-bond donors (Lipinski definition) is 1. The zero-order valence-electron chi connectivity index (χ0n) is 13.3. The maximum absolute atomic E-state index is 13.3. The van der Waals surface area contributed by atoms with Crippen molar-refractivity contribution in [2.45, 2.75) is 12.8 Å². The molecule has 6 heteroatoms. The fourth-order valence-corrected chi connectivity index (χ4v) is 2.38. The molecule has 0 amide bonds. The van der Waals surface area contributed by atoms with E-state index in [1.807, 2.05) is 0 Å². The number of carboxylic acids is 1. The molecule has 3 rings (SSSR count). The van der Waals surface area contributed by atoms with Crippen LogP contribution in [0.4, 0.5) is 8.78 Å². The highest BCUT2D eigenvalue weighted by molar-refractivity contribution is 5.89. The summed E-state index contributed by atoms with van der Waals surface area (Å²) in [7, 11) is 0. The van der Waals surface area contributed by atoms with E-state index in [1.165, 1.54) is 24.3 Å². The van der Waals surface area contributed by atoms with Crippen LogP contribution in [0.5, 0.6) is 0 Å². The molecule has 0 saturated heterocycles. The van der Waals surface area contributed by atoms with E-state index in [0.29, 0.717) is 22.6 Å². The average molecular weight is 340 g/mol. The quantitative estimate of drug-likeness (QED) is 0.753. The first kappa shape index (κ1) is 16.7. The second kappa shape index (κ2) is 6.39. The van der Waals surface area contributed by atoms with Gasteiger partial charge in [0.15, 0.2) is 5.82 Å². The van der Waals surface area contributed by atoms with Crippen LogP contribution in [0.25, 0.3) is 22.6 Å². The summed E-state index contributed by atoms with van der Waals surface area (Å²) in [5.41, 5.74) is 1.88. The molecule has 1 heterocycles. The SMILES string of the molecule is CC(F)(F)c1ccc(-c2ccnc(-c3cccc(C(=O)O)c3)n2)cc1. The van der Waals surface area contributed by atoms with Gasteiger partial charge in [-0.3, -0.25) is 0 Å². The molecule has 4 nitrogen and oxygen atoms in total. The zero-order valence-corrected chi connectivity index (χ0v) is 13.3. The zero-order chi connectivity index (χ0) is 18.0. The van der Waals surface area contributed by atoms with E-state index >= 15 is 0 Å². The van der Waals surface area contributed by atoms with Gasteiger partial charge in [0.05, 0.1) is 11.3 Å². The fraction of sp³-hybridized carbons (Fsp3) is 0.105. The Labute approximate surface area is 142 Å². The number of aromatic carboxylic acids is 1. The summed E-state index contributed by atoms with van der Waals surface area (Å²) >= 11 is 0. The monoisotopic (exact) mass is 340 g/mol. The largest absolute Gasteiger partial charge is 0.478 e. The first-order valence-corrected chi connectivity index (χ1v) is 7.50. The number of hydrogen-bond acceptors (Lipinski definition) is 3. The van der Waals surface area contributed by atoms with Crippen LogP contribution in [-0.4, -0.2) is 21.0 Å². The normalized spacial score (nSPS) is 11.3. The number of carbonyl (C=O) groups is 1. The molecule has 25 heavy (non-hydrogen) atoms. The Morgan fingerprint density at radius 2 is 1.76 bits per heavy atom. The Kier molecular flexibility index (Phi) is 4.27. The Morgan fingerprint density at radius 1 is 1.04 bits per heavy atom. The molecular weight excluding hydrogens is 326 g/mol. The van der Waals surface area contributed by atoms with E-state index in [-0.39, 0.29) is 11.1 Å². The second-order valence-corrected chi connectivity index (χ2v) is 5.62. The molecular formula is C19H14F2N2O2. The van der Waals surface area contributed by atoms with Crippen LogP contribution in [0, 0.1) is 0 Å². The van der Waals surface area contributed by atoms with Gasteiger partial charge in [-0.2, -0.15) is 0 Å². The van der Waals surface area contributed by atoms with Crippen molar-refractivity contribution in [3.63, 3.8) is 0 Å². The van der Waals surface area contributed by atoms with Crippen LogP contribution in [0.15, 0.2) is 60.8 Å². The summed E-state index contributed by atoms with van der Waals surface area (Å²) in [6.07, 6.45) is 1.55. The number of nitrogens with zero attached hydrogens (tertiary/aromatic N) is 2. The van der Waals surface area contributed by atoms with Crippen molar-refractivity contribution < 1.29 is 18.7 Å². The highest BCUT2D eigenvalue weighted by atomic mass is 19.3. The van der Waals surface area contributed by atoms with Gasteiger partial charge in [-0.25, -0.2) is 23.5 Å². The molecule has 0 unspecified atom stereocenters. The summed E-state index contributed by atoms with van der Waals surface area (Å²) in [5.74, 6) is -3.56. The standard InChI is InChI=1S/C19H14F2N2O2/c1-19(20,21)15-7-5-12(6-8-15)16-9-10-22-17(23-16)13-3-2-4-14(11-13)18(24)25/h2-11H,1H3,(H,24,25). The van der Waals surface area contributed by atoms with Crippen molar-refractivity contribution in [1.82, 2.24) is 9.97 Å². The van der Waals surface area contributed by atoms with Gasteiger partial charge < -0.3 is 5.11 Å². The van der Waals surface area contributed by atoms with Gasteiger partial charge in [0.25, 0.3) is 5.92 Å². The number of rotatable bonds is 4. The predicted octanol–water partition coefficient (Wildman–Crippen LogP) is 4.62. The third-order valence-electron chi connectivity index (χ3n) is 3.71. The molecule has 3 aromatic rings. The minimum atomic E-state index is -2.90. The molecule has 0 aliphatic rings. The van der Waals surface area contributed by atoms with Crippen LogP contribution in [0.1, 0.15) is 22.8 Å². The first-order chi connectivity index (χ1) is 11.8. The van der Waals surface area contributed by atoms with E-state index in [2.05, 4.69) is 9.97 Å². The highest BCUT2D eigenvalue weighted by Gasteiger charge is 2.23. The van der Waals surface area contributed by atoms with E-state index in [0.717, 1.165) is 6.92 Å². The minimum Gasteiger partial charge on any atom is -0.478 e. The number of benzene rings is 2. The van der Waals surface area contributed by atoms with Crippen molar-refractivity contribution in [3.8, 4) is 22.6 Å². The summed E-state index contributed by atoms with van der Waals surface area (Å²) < 4.78 is 26.6. The fourth-order valence-electron chi connectivity index (χ4n) is 2.38. The second-order valence-electron chi connectivity index (χ2n) is 5.62. The van der Waals surface area contributed by atoms with Crippen LogP contribution in [-0.2, 0) is 5.92 Å². The van der Waals surface area contributed by atoms with Crippen LogP contribution in [0.2, 0.25) is 0 Å². The van der Waals surface area contributed by atoms with E-state index in [1.54, 1.807) is 36.5 Å². The van der Waals surface area contributed by atoms with Gasteiger partial charge in [0, 0.05) is 29.8 Å². The molecule has 0 atom stereocenters. The lowest BCUT2D eigenvalue weighted by atomic mass is 10.1. The Bertz CT molecular complexity index is 919. The maximum atomic E-state index is 13.3. The Balaban J connectivity index is 1.97. The predicted molar refractivity (Wildman–Crippen MR) is 89.4 cm³/mol. The first-order valence-electron chi connectivity index (χ1n) is 7.50. The summed E-state index contributed by atoms with van der Waals surface area (Å²) in [6.45, 7) is 0.847. The van der Waals surface area contributed by atoms with Crippen LogP contribution >= 0.6 is 0 Å². The van der Waals surface area contributed by atoms with Crippen molar-refractivity contribution in [3.05, 3.63) is 71.9 Å². The van der Waals surface area contributed by atoms with Crippen LogP contribution in [0.3, 0.4) is 0 Å². The lowest BCUT2D eigenvalue weighted by molar-refractivity contribution is 0.0175. The molecule has 0 aliphatic heterocycles. The van der Waals surface area contributed by atoms with Gasteiger partial charge in [-0.05, 0) is 18.2 Å². The molecule has 0 bridgehead atoms. The maximum Gasteiger partial charge on any atom is 0.335 e. The van der Waals surface area contributed by atoms with Crippen molar-refractivity contribution in [1.29, 1.82) is 0 Å². The molecule has 2 aromatic carbocycles. The van der Waals surface area contributed by atoms with Gasteiger partial charge in [-0.1, -0.05) is 36.4 Å². The van der Waals surface area contributed by atoms with E-state index in [9.17, 15) is 13.6 Å². The van der Waals surface area contributed by atoms with Crippen molar-refractivity contribution >= 4 is 5.97 Å². The number of halogens is 2. The Hall–Kier alpha value is -3.15. The molecule has 0 saturated carbocycles. The summed E-state index contributed by atoms with van der Waals surface area (Å²) in [5, 5.41) is 9.08. The van der Waals surface area contributed by atoms with Crippen molar-refractivity contribution in [2.24, 2.45) is 0 Å². The van der Waals surface area contributed by atoms with Crippen LogP contribution < -0.4 is 0 Å². The Morgan fingerprint density at radius 3 is 2.40 bits per heavy atom. The third-order valence-corrected chi connectivity index (χ3v) is 3.71. The van der Waals surface area contributed by atoms with Gasteiger partial charge in [0.1, 0.15) is 0 Å². The molecule has 1 aromatic heterocycles. The van der Waals surface area contributed by atoms with Gasteiger partial charge >= 0.3 is 5.97 Å². The summed E-state index contributed by atoms with van der Waals surface area (Å²) in [4.78, 5) is 19.7. The minimum absolute atomic E-state index is 0.0697. The molecule has 0 fully saturated rings. The third kappa shape index (κ3) is 3.68. The molecule has 0 radical (unpaired) electrons. The van der Waals surface area contributed by atoms with Crippen molar-refractivity contribution in [2.75, 3.05) is 0 Å². The lowest BCUT2D eigenvalue weighted by Gasteiger charge is -2.11. The topological polar surface area (TPSA) is 63.1 Å². The molecule has 0 spiro atoms. The van der Waals surface area contributed by atoms with Gasteiger partial charge in [0.2, 0.25) is 0 Å². The molecule has 1 N–H and O–H groups in total. The molecule has 0 aliphatic carbocycles. The highest BCUT2D eigenvalue weighted by Crippen LogP contribution is 2.29. The number of aromatic nitrogens is 2.